The number of hydrogen-bond donors (Lipinski definition) is 0. The quantitative estimate of drug-likeness (QED) is 0.647. The molecule has 0 N–H and O–H groups in total. The Hall–Kier alpha value is -1.72. The van der Waals surface area contributed by atoms with E-state index in [0.717, 1.165) is 36.9 Å². The zero-order valence-corrected chi connectivity index (χ0v) is 18.0. The zero-order chi connectivity index (χ0) is 20.2. The highest BCUT2D eigenvalue weighted by molar-refractivity contribution is 7.12. The maximum absolute atomic E-state index is 14.4. The number of amides is 1. The molecule has 5 heteroatoms. The van der Waals surface area contributed by atoms with Crippen molar-refractivity contribution in [2.24, 2.45) is 5.92 Å². The van der Waals surface area contributed by atoms with Gasteiger partial charge < -0.3 is 9.80 Å². The molecule has 2 aliphatic rings. The predicted molar refractivity (Wildman–Crippen MR) is 117 cm³/mol. The average Bonchev–Trinajstić information content (AvgIpc) is 3.47. The van der Waals surface area contributed by atoms with Gasteiger partial charge in [-0.25, -0.2) is 4.39 Å². The first-order chi connectivity index (χ1) is 14.1. The molecule has 1 aliphatic carbocycles. The van der Waals surface area contributed by atoms with Gasteiger partial charge in [0.1, 0.15) is 5.82 Å². The average molecular weight is 415 g/mol. The minimum absolute atomic E-state index is 0.0206. The van der Waals surface area contributed by atoms with Crippen molar-refractivity contribution in [2.75, 3.05) is 20.1 Å². The first-order valence-electron chi connectivity index (χ1n) is 10.9. The molecule has 156 valence electrons. The maximum atomic E-state index is 14.4. The largest absolute Gasteiger partial charge is 0.337 e. The number of halogens is 1. The highest BCUT2D eigenvalue weighted by Gasteiger charge is 2.34. The van der Waals surface area contributed by atoms with Crippen LogP contribution in [0.3, 0.4) is 0 Å². The number of carbonyl (C=O) groups is 1. The lowest BCUT2D eigenvalue weighted by atomic mass is 9.84. The number of carbonyl (C=O) groups excluding carboxylic acids is 1. The van der Waals surface area contributed by atoms with Crippen LogP contribution < -0.4 is 0 Å². The van der Waals surface area contributed by atoms with Crippen LogP contribution in [0.5, 0.6) is 0 Å². The molecule has 0 radical (unpaired) electrons. The number of thiophene rings is 1. The second-order valence-corrected chi connectivity index (χ2v) is 9.52. The summed E-state index contributed by atoms with van der Waals surface area (Å²) in [7, 11) is 1.90. The number of likely N-dealkylation sites (tertiary alicyclic amines) is 1. The van der Waals surface area contributed by atoms with Crippen molar-refractivity contribution in [1.29, 1.82) is 0 Å². The second-order valence-electron chi connectivity index (χ2n) is 8.57. The summed E-state index contributed by atoms with van der Waals surface area (Å²) in [6.07, 6.45) is 8.13. The Kier molecular flexibility index (Phi) is 6.66. The topological polar surface area (TPSA) is 23.6 Å². The van der Waals surface area contributed by atoms with Crippen LogP contribution in [0, 0.1) is 11.7 Å². The molecule has 1 atom stereocenters. The second kappa shape index (κ2) is 9.40. The Labute approximate surface area is 177 Å². The highest BCUT2D eigenvalue weighted by atomic mass is 32.1. The number of likely N-dealkylation sites (N-methyl/N-ethyl adjacent to an activating group) is 1. The molecule has 29 heavy (non-hydrogen) atoms. The van der Waals surface area contributed by atoms with E-state index in [9.17, 15) is 9.18 Å². The molecule has 4 rings (SSSR count). The molecule has 1 aromatic carbocycles. The molecule has 1 saturated heterocycles. The summed E-state index contributed by atoms with van der Waals surface area (Å²) in [5.74, 6) is 0.290. The summed E-state index contributed by atoms with van der Waals surface area (Å²) >= 11 is 1.48. The summed E-state index contributed by atoms with van der Waals surface area (Å²) in [6.45, 7) is 2.20. The molecular weight excluding hydrogens is 383 g/mol. The maximum Gasteiger partial charge on any atom is 0.263 e. The lowest BCUT2D eigenvalue weighted by Crippen LogP contribution is -2.49. The molecule has 0 bridgehead atoms. The van der Waals surface area contributed by atoms with Crippen LogP contribution in [-0.2, 0) is 6.42 Å². The Morgan fingerprint density at radius 3 is 2.52 bits per heavy atom. The van der Waals surface area contributed by atoms with E-state index in [1.807, 2.05) is 41.6 Å². The molecule has 1 aliphatic heterocycles. The van der Waals surface area contributed by atoms with Gasteiger partial charge in [0.25, 0.3) is 5.91 Å². The predicted octanol–water partition coefficient (Wildman–Crippen LogP) is 5.23. The number of nitrogens with zero attached hydrogens (tertiary/aromatic N) is 2. The van der Waals surface area contributed by atoms with Crippen molar-refractivity contribution in [1.82, 2.24) is 9.80 Å². The van der Waals surface area contributed by atoms with Crippen molar-refractivity contribution < 1.29 is 9.18 Å². The fraction of sp³-hybridized carbons (Fsp3) is 0.542. The first kappa shape index (κ1) is 20.5. The molecule has 0 spiro atoms. The van der Waals surface area contributed by atoms with Gasteiger partial charge in [-0.15, -0.1) is 11.3 Å². The van der Waals surface area contributed by atoms with Crippen LogP contribution in [0.15, 0.2) is 41.8 Å². The summed E-state index contributed by atoms with van der Waals surface area (Å²) in [5, 5.41) is 1.94. The third-order valence-electron chi connectivity index (χ3n) is 6.90. The Balaban J connectivity index is 1.50. The van der Waals surface area contributed by atoms with E-state index in [-0.39, 0.29) is 17.8 Å². The minimum Gasteiger partial charge on any atom is -0.337 e. The Morgan fingerprint density at radius 2 is 1.86 bits per heavy atom. The van der Waals surface area contributed by atoms with Crippen molar-refractivity contribution >= 4 is 17.2 Å². The Bertz CT molecular complexity index is 795. The molecule has 1 aromatic heterocycles. The lowest BCUT2D eigenvalue weighted by Gasteiger charge is -2.41. The smallest absolute Gasteiger partial charge is 0.263 e. The zero-order valence-electron chi connectivity index (χ0n) is 17.2. The van der Waals surface area contributed by atoms with Gasteiger partial charge in [0.15, 0.2) is 0 Å². The van der Waals surface area contributed by atoms with E-state index in [1.54, 1.807) is 6.07 Å². The summed E-state index contributed by atoms with van der Waals surface area (Å²) < 4.78 is 14.4. The molecule has 3 nitrogen and oxygen atoms in total. The summed E-state index contributed by atoms with van der Waals surface area (Å²) in [4.78, 5) is 18.4. The molecule has 2 fully saturated rings. The number of hydrogen-bond acceptors (Lipinski definition) is 3. The van der Waals surface area contributed by atoms with E-state index >= 15 is 0 Å². The molecule has 1 saturated carbocycles. The third-order valence-corrected chi connectivity index (χ3v) is 7.75. The number of benzene rings is 1. The summed E-state index contributed by atoms with van der Waals surface area (Å²) in [5.41, 5.74) is 0.710. The SMILES string of the molecule is CN(C(=O)c1cccs1)[C@@H](Cc1ccccc1F)C1CCN(C2CCCC2)CC1. The van der Waals surface area contributed by atoms with Gasteiger partial charge >= 0.3 is 0 Å². The van der Waals surface area contributed by atoms with E-state index in [1.165, 1.54) is 43.1 Å². The highest BCUT2D eigenvalue weighted by Crippen LogP contribution is 2.32. The van der Waals surface area contributed by atoms with Crippen molar-refractivity contribution in [2.45, 2.75) is 57.0 Å². The van der Waals surface area contributed by atoms with E-state index in [0.29, 0.717) is 17.9 Å². The number of rotatable bonds is 6. The molecule has 2 aromatic rings. The third kappa shape index (κ3) is 4.72. The molecular formula is C24H31FN2OS. The van der Waals surface area contributed by atoms with Gasteiger partial charge in [-0.05, 0) is 74.2 Å². The number of piperidine rings is 1. The van der Waals surface area contributed by atoms with Crippen LogP contribution in [-0.4, -0.2) is 47.9 Å². The molecule has 1 amide bonds. The van der Waals surface area contributed by atoms with Gasteiger partial charge in [-0.1, -0.05) is 37.1 Å². The fourth-order valence-electron chi connectivity index (χ4n) is 5.17. The minimum atomic E-state index is -0.169. The van der Waals surface area contributed by atoms with Crippen LogP contribution in [0.2, 0.25) is 0 Å². The fourth-order valence-corrected chi connectivity index (χ4v) is 5.88. The van der Waals surface area contributed by atoms with E-state index in [2.05, 4.69) is 4.90 Å². The van der Waals surface area contributed by atoms with Gasteiger partial charge in [-0.2, -0.15) is 0 Å². The van der Waals surface area contributed by atoms with Crippen LogP contribution in [0.1, 0.15) is 53.8 Å². The molecule has 2 heterocycles. The van der Waals surface area contributed by atoms with Gasteiger partial charge in [0, 0.05) is 19.1 Å². The lowest BCUT2D eigenvalue weighted by molar-refractivity contribution is 0.0549. The van der Waals surface area contributed by atoms with E-state index < -0.39 is 0 Å². The van der Waals surface area contributed by atoms with Gasteiger partial charge in [0.2, 0.25) is 0 Å². The monoisotopic (exact) mass is 414 g/mol. The Morgan fingerprint density at radius 1 is 1.14 bits per heavy atom. The first-order valence-corrected chi connectivity index (χ1v) is 11.8. The normalized spacial score (nSPS) is 20.1. The van der Waals surface area contributed by atoms with Gasteiger partial charge in [0.05, 0.1) is 4.88 Å². The summed E-state index contributed by atoms with van der Waals surface area (Å²) in [6, 6.07) is 11.6. The van der Waals surface area contributed by atoms with Crippen molar-refractivity contribution in [3.8, 4) is 0 Å². The standard InChI is InChI=1S/C24H31FN2OS/c1-26(24(28)23-11-6-16-29-23)22(17-19-7-2-5-10-21(19)25)18-12-14-27(15-13-18)20-8-3-4-9-20/h2,5-7,10-11,16,18,20,22H,3-4,8-9,12-15,17H2,1H3/t22-/m0/s1. The molecule has 0 unspecified atom stereocenters. The van der Waals surface area contributed by atoms with Crippen LogP contribution in [0.4, 0.5) is 4.39 Å². The van der Waals surface area contributed by atoms with Gasteiger partial charge in [-0.3, -0.25) is 4.79 Å². The van der Waals surface area contributed by atoms with Crippen LogP contribution in [0.25, 0.3) is 0 Å². The van der Waals surface area contributed by atoms with E-state index in [4.69, 9.17) is 0 Å². The van der Waals surface area contributed by atoms with Crippen molar-refractivity contribution in [3.05, 3.63) is 58.0 Å². The van der Waals surface area contributed by atoms with Crippen LogP contribution >= 0.6 is 11.3 Å². The van der Waals surface area contributed by atoms with Crippen molar-refractivity contribution in [3.63, 3.8) is 0 Å².